The van der Waals surface area contributed by atoms with E-state index in [1.807, 2.05) is 4.72 Å². The highest BCUT2D eigenvalue weighted by atomic mass is 32.2. The van der Waals surface area contributed by atoms with Crippen molar-refractivity contribution in [2.24, 2.45) is 5.14 Å². The summed E-state index contributed by atoms with van der Waals surface area (Å²) in [7, 11) is -4.22. The Hall–Kier alpha value is -1.76. The number of carbonyl (C=O) groups is 3. The van der Waals surface area contributed by atoms with Crippen molar-refractivity contribution in [3.63, 3.8) is 0 Å². The number of hydrogen-bond donors (Lipinski definition) is 2. The lowest BCUT2D eigenvalue weighted by atomic mass is 9.98. The molecule has 138 valence electrons. The predicted molar refractivity (Wildman–Crippen MR) is 77.2 cm³/mol. The minimum atomic E-state index is -4.22. The Kier molecular flexibility index (Phi) is 6.66. The standard InChI is InChI=1S/C12H20N2O9S/c1-5-9(21-6(2)15)10(22-7(3)16)11(23-8(4)17)12(20-5)14-24(13,18)19/h5,9-12,14H,1-4H3,(H2,13,18,19)/t5-,9-,10+,11-,12+/m0/s1. The topological polar surface area (TPSA) is 160 Å². The molecule has 0 radical (unpaired) electrons. The van der Waals surface area contributed by atoms with E-state index in [0.717, 1.165) is 20.8 Å². The molecule has 1 heterocycles. The molecule has 0 saturated carbocycles. The summed E-state index contributed by atoms with van der Waals surface area (Å²) in [5.74, 6) is -2.23. The third kappa shape index (κ3) is 6.03. The van der Waals surface area contributed by atoms with E-state index >= 15 is 0 Å². The van der Waals surface area contributed by atoms with E-state index in [0.29, 0.717) is 0 Å². The molecule has 5 atom stereocenters. The van der Waals surface area contributed by atoms with E-state index in [2.05, 4.69) is 0 Å². The zero-order valence-corrected chi connectivity index (χ0v) is 14.4. The Balaban J connectivity index is 3.23. The highest BCUT2D eigenvalue weighted by Gasteiger charge is 2.51. The van der Waals surface area contributed by atoms with Gasteiger partial charge in [-0.1, -0.05) is 0 Å². The van der Waals surface area contributed by atoms with Gasteiger partial charge in [-0.2, -0.15) is 13.1 Å². The maximum atomic E-state index is 11.4. The number of esters is 3. The number of hydrogen-bond acceptors (Lipinski definition) is 9. The molecular weight excluding hydrogens is 348 g/mol. The van der Waals surface area contributed by atoms with Crippen LogP contribution in [-0.2, 0) is 43.5 Å². The summed E-state index contributed by atoms with van der Waals surface area (Å²) < 4.78 is 45.0. The van der Waals surface area contributed by atoms with Gasteiger partial charge in [-0.3, -0.25) is 14.4 Å². The normalized spacial score (nSPS) is 30.3. The van der Waals surface area contributed by atoms with E-state index in [4.69, 9.17) is 24.1 Å². The molecule has 0 amide bonds. The van der Waals surface area contributed by atoms with Gasteiger partial charge in [-0.15, -0.1) is 0 Å². The number of nitrogens with two attached hydrogens (primary N) is 1. The van der Waals surface area contributed by atoms with Crippen molar-refractivity contribution in [1.82, 2.24) is 4.72 Å². The van der Waals surface area contributed by atoms with Crippen LogP contribution in [0.25, 0.3) is 0 Å². The Morgan fingerprint density at radius 2 is 1.33 bits per heavy atom. The summed E-state index contributed by atoms with van der Waals surface area (Å²) >= 11 is 0. The molecular formula is C12H20N2O9S. The van der Waals surface area contributed by atoms with Gasteiger partial charge in [0, 0.05) is 20.8 Å². The Bertz CT molecular complexity index is 606. The second-order valence-electron chi connectivity index (χ2n) is 5.15. The van der Waals surface area contributed by atoms with Crippen LogP contribution in [0.5, 0.6) is 0 Å². The fourth-order valence-electron chi connectivity index (χ4n) is 2.27. The van der Waals surface area contributed by atoms with Gasteiger partial charge in [0.05, 0.1) is 6.10 Å². The summed E-state index contributed by atoms with van der Waals surface area (Å²) in [4.78, 5) is 34.0. The number of carbonyl (C=O) groups excluding carboxylic acids is 3. The Morgan fingerprint density at radius 1 is 0.917 bits per heavy atom. The van der Waals surface area contributed by atoms with Crippen LogP contribution in [0.3, 0.4) is 0 Å². The Labute approximate surface area is 138 Å². The van der Waals surface area contributed by atoms with Gasteiger partial charge < -0.3 is 18.9 Å². The molecule has 3 N–H and O–H groups in total. The van der Waals surface area contributed by atoms with Gasteiger partial charge in [0.15, 0.2) is 24.5 Å². The summed E-state index contributed by atoms with van der Waals surface area (Å²) in [6.45, 7) is 4.76. The second-order valence-corrected chi connectivity index (χ2v) is 6.47. The van der Waals surface area contributed by atoms with Gasteiger partial charge in [0.2, 0.25) is 0 Å². The van der Waals surface area contributed by atoms with Crippen LogP contribution in [0.2, 0.25) is 0 Å². The van der Waals surface area contributed by atoms with Gasteiger partial charge in [0.1, 0.15) is 0 Å². The maximum Gasteiger partial charge on any atom is 0.303 e. The smallest absolute Gasteiger partial charge is 0.303 e. The molecule has 1 aliphatic heterocycles. The van der Waals surface area contributed by atoms with E-state index in [1.54, 1.807) is 0 Å². The lowest BCUT2D eigenvalue weighted by Gasteiger charge is -2.43. The van der Waals surface area contributed by atoms with Crippen molar-refractivity contribution >= 4 is 28.1 Å². The van der Waals surface area contributed by atoms with Crippen LogP contribution in [0.4, 0.5) is 0 Å². The molecule has 1 aliphatic rings. The molecule has 0 spiro atoms. The van der Waals surface area contributed by atoms with E-state index in [1.165, 1.54) is 6.92 Å². The number of ether oxygens (including phenoxy) is 4. The average molecular weight is 368 g/mol. The molecule has 0 aliphatic carbocycles. The minimum absolute atomic E-state index is 0.688. The molecule has 1 rings (SSSR count). The first-order valence-corrected chi connectivity index (χ1v) is 8.42. The first-order chi connectivity index (χ1) is 10.9. The molecule has 0 aromatic heterocycles. The predicted octanol–water partition coefficient (Wildman–Crippen LogP) is -1.68. The van der Waals surface area contributed by atoms with E-state index in [9.17, 15) is 22.8 Å². The van der Waals surface area contributed by atoms with Crippen molar-refractivity contribution in [2.75, 3.05) is 0 Å². The van der Waals surface area contributed by atoms with Gasteiger partial charge in [-0.25, -0.2) is 5.14 Å². The molecule has 12 heteroatoms. The molecule has 0 bridgehead atoms. The number of nitrogens with one attached hydrogen (secondary N) is 1. The Morgan fingerprint density at radius 3 is 1.75 bits per heavy atom. The molecule has 24 heavy (non-hydrogen) atoms. The highest BCUT2D eigenvalue weighted by molar-refractivity contribution is 7.87. The van der Waals surface area contributed by atoms with Crippen molar-refractivity contribution < 1.29 is 41.7 Å². The largest absolute Gasteiger partial charge is 0.456 e. The molecule has 11 nitrogen and oxygen atoms in total. The van der Waals surface area contributed by atoms with Crippen LogP contribution in [0.1, 0.15) is 27.7 Å². The summed E-state index contributed by atoms with van der Waals surface area (Å²) in [5, 5.41) is 4.91. The summed E-state index contributed by atoms with van der Waals surface area (Å²) in [6.07, 6.45) is -6.14. The molecule has 0 aromatic carbocycles. The average Bonchev–Trinajstić information content (AvgIpc) is 2.35. The zero-order valence-electron chi connectivity index (χ0n) is 13.5. The first kappa shape index (κ1) is 20.3. The van der Waals surface area contributed by atoms with Crippen LogP contribution in [-0.4, -0.2) is 57.0 Å². The van der Waals surface area contributed by atoms with Crippen LogP contribution in [0, 0.1) is 0 Å². The van der Waals surface area contributed by atoms with Crippen molar-refractivity contribution in [2.45, 2.75) is 58.3 Å². The molecule has 0 aromatic rings. The quantitative estimate of drug-likeness (QED) is 0.426. The highest BCUT2D eigenvalue weighted by Crippen LogP contribution is 2.27. The van der Waals surface area contributed by atoms with E-state index < -0.39 is 58.8 Å². The molecule has 1 saturated heterocycles. The van der Waals surface area contributed by atoms with Crippen LogP contribution in [0.15, 0.2) is 0 Å². The lowest BCUT2D eigenvalue weighted by Crippen LogP contribution is -2.65. The maximum absolute atomic E-state index is 11.4. The van der Waals surface area contributed by atoms with Crippen molar-refractivity contribution in [1.29, 1.82) is 0 Å². The zero-order chi connectivity index (χ0) is 18.7. The van der Waals surface area contributed by atoms with Crippen molar-refractivity contribution in [3.8, 4) is 0 Å². The molecule has 1 fully saturated rings. The first-order valence-electron chi connectivity index (χ1n) is 6.88. The number of rotatable bonds is 5. The summed E-state index contributed by atoms with van der Waals surface area (Å²) in [5.41, 5.74) is 0. The van der Waals surface area contributed by atoms with Gasteiger partial charge in [-0.05, 0) is 6.92 Å². The van der Waals surface area contributed by atoms with Gasteiger partial charge >= 0.3 is 17.9 Å². The fourth-order valence-corrected chi connectivity index (χ4v) is 2.78. The van der Waals surface area contributed by atoms with Crippen LogP contribution < -0.4 is 9.86 Å². The molecule has 0 unspecified atom stereocenters. The third-order valence-corrected chi connectivity index (χ3v) is 3.52. The van der Waals surface area contributed by atoms with Crippen molar-refractivity contribution in [3.05, 3.63) is 0 Å². The van der Waals surface area contributed by atoms with Crippen LogP contribution >= 0.6 is 0 Å². The van der Waals surface area contributed by atoms with E-state index in [-0.39, 0.29) is 0 Å². The summed E-state index contributed by atoms with van der Waals surface area (Å²) in [6, 6.07) is 0. The fraction of sp³-hybridized carbons (Fsp3) is 0.750. The SMILES string of the molecule is CC(=O)O[C@@H]1[C@@H](OC(C)=O)[C@H](C)O[C@@H](NS(N)(=O)=O)[C@H]1OC(C)=O. The second kappa shape index (κ2) is 7.88. The lowest BCUT2D eigenvalue weighted by molar-refractivity contribution is -0.245. The minimum Gasteiger partial charge on any atom is -0.456 e. The monoisotopic (exact) mass is 368 g/mol. The van der Waals surface area contributed by atoms with Gasteiger partial charge in [0.25, 0.3) is 10.2 Å². The third-order valence-electron chi connectivity index (χ3n) is 2.96.